The second-order valence-electron chi connectivity index (χ2n) is 8.92. The van der Waals surface area contributed by atoms with Crippen molar-refractivity contribution in [3.05, 3.63) is 47.4 Å². The summed E-state index contributed by atoms with van der Waals surface area (Å²) in [5.41, 5.74) is -1.53. The Morgan fingerprint density at radius 2 is 1.93 bits per heavy atom. The van der Waals surface area contributed by atoms with Gasteiger partial charge in [0.2, 0.25) is 0 Å². The van der Waals surface area contributed by atoms with Gasteiger partial charge in [-0.1, -0.05) is 0 Å². The number of carbonyl (C=O) groups is 1. The van der Waals surface area contributed by atoms with Gasteiger partial charge in [-0.15, -0.1) is 0 Å². The number of hydrogen-bond acceptors (Lipinski definition) is 6. The van der Waals surface area contributed by atoms with Crippen LogP contribution in [0, 0.1) is 5.82 Å². The average molecular weight is 418 g/mol. The van der Waals surface area contributed by atoms with Crippen LogP contribution in [0.4, 0.5) is 9.18 Å². The standard InChI is InChI=1S/C22H27FN2O5/c1-20(2,3)30-19(27)25-21(4)12-29-18-15(21)10-16(22(5,28)11-26)24-17(18)13-6-8-14(23)9-7-13/h6-10,26,28H,11-12H2,1-5H3,(H,25,27)/t21-,22-/m0/s1. The van der Waals surface area contributed by atoms with E-state index >= 15 is 0 Å². The lowest BCUT2D eigenvalue weighted by Crippen LogP contribution is -2.47. The molecule has 0 unspecified atom stereocenters. The summed E-state index contributed by atoms with van der Waals surface area (Å²) in [5, 5.41) is 23.1. The fraction of sp³-hybridized carbons (Fsp3) is 0.455. The van der Waals surface area contributed by atoms with Crippen molar-refractivity contribution < 1.29 is 28.9 Å². The molecule has 2 aromatic rings. The second-order valence-corrected chi connectivity index (χ2v) is 8.92. The van der Waals surface area contributed by atoms with Crippen molar-refractivity contribution in [2.75, 3.05) is 13.2 Å². The molecule has 3 rings (SSSR count). The van der Waals surface area contributed by atoms with Gasteiger partial charge in [-0.05, 0) is 65.0 Å². The molecule has 2 atom stereocenters. The molecule has 0 saturated carbocycles. The molecule has 0 fully saturated rings. The third-order valence-electron chi connectivity index (χ3n) is 4.83. The zero-order valence-electron chi connectivity index (χ0n) is 17.7. The highest BCUT2D eigenvalue weighted by molar-refractivity contribution is 5.74. The smallest absolute Gasteiger partial charge is 0.408 e. The molecule has 1 amide bonds. The summed E-state index contributed by atoms with van der Waals surface area (Å²) < 4.78 is 24.7. The number of pyridine rings is 1. The van der Waals surface area contributed by atoms with E-state index in [9.17, 15) is 19.4 Å². The number of hydrogen-bond donors (Lipinski definition) is 3. The van der Waals surface area contributed by atoms with E-state index in [2.05, 4.69) is 10.3 Å². The van der Waals surface area contributed by atoms with Crippen LogP contribution >= 0.6 is 0 Å². The number of alkyl carbamates (subject to hydrolysis) is 1. The van der Waals surface area contributed by atoms with E-state index in [1.54, 1.807) is 45.9 Å². The summed E-state index contributed by atoms with van der Waals surface area (Å²) in [6, 6.07) is 7.30. The Bertz CT molecular complexity index is 953. The van der Waals surface area contributed by atoms with Crippen LogP contribution in [0.25, 0.3) is 11.3 Å². The van der Waals surface area contributed by atoms with E-state index < -0.39 is 35.3 Å². The summed E-state index contributed by atoms with van der Waals surface area (Å²) in [6.07, 6.45) is -0.614. The number of rotatable bonds is 4. The van der Waals surface area contributed by atoms with Gasteiger partial charge in [0, 0.05) is 11.1 Å². The molecule has 3 N–H and O–H groups in total. The number of benzene rings is 1. The van der Waals surface area contributed by atoms with E-state index in [0.29, 0.717) is 22.6 Å². The number of aliphatic hydroxyl groups is 2. The van der Waals surface area contributed by atoms with E-state index in [0.717, 1.165) is 0 Å². The van der Waals surface area contributed by atoms with Gasteiger partial charge in [-0.3, -0.25) is 0 Å². The summed E-state index contributed by atoms with van der Waals surface area (Å²) in [7, 11) is 0. The summed E-state index contributed by atoms with van der Waals surface area (Å²) in [4.78, 5) is 16.9. The Hall–Kier alpha value is -2.71. The van der Waals surface area contributed by atoms with Gasteiger partial charge in [0.25, 0.3) is 0 Å². The summed E-state index contributed by atoms with van der Waals surface area (Å²) in [5.74, 6) is 0.0175. The number of amides is 1. The number of halogens is 1. The van der Waals surface area contributed by atoms with Crippen molar-refractivity contribution in [3.8, 4) is 17.0 Å². The van der Waals surface area contributed by atoms with Crippen LogP contribution in [0.5, 0.6) is 5.75 Å². The third-order valence-corrected chi connectivity index (χ3v) is 4.83. The van der Waals surface area contributed by atoms with Gasteiger partial charge >= 0.3 is 6.09 Å². The Labute approximate surface area is 174 Å². The Morgan fingerprint density at radius 3 is 2.50 bits per heavy atom. The second kappa shape index (κ2) is 7.52. The lowest BCUT2D eigenvalue weighted by atomic mass is 9.90. The molecule has 0 radical (unpaired) electrons. The highest BCUT2D eigenvalue weighted by atomic mass is 19.1. The topological polar surface area (TPSA) is 101 Å². The lowest BCUT2D eigenvalue weighted by Gasteiger charge is -2.28. The molecule has 8 heteroatoms. The Morgan fingerprint density at radius 1 is 1.30 bits per heavy atom. The first-order chi connectivity index (χ1) is 13.8. The maximum absolute atomic E-state index is 13.4. The predicted molar refractivity (Wildman–Crippen MR) is 109 cm³/mol. The van der Waals surface area contributed by atoms with Crippen LogP contribution in [0.1, 0.15) is 45.9 Å². The van der Waals surface area contributed by atoms with E-state index in [4.69, 9.17) is 9.47 Å². The fourth-order valence-electron chi connectivity index (χ4n) is 3.18. The highest BCUT2D eigenvalue weighted by Gasteiger charge is 2.42. The molecule has 7 nitrogen and oxygen atoms in total. The third kappa shape index (κ3) is 4.39. The van der Waals surface area contributed by atoms with Crippen molar-refractivity contribution in [3.63, 3.8) is 0 Å². The summed E-state index contributed by atoms with van der Waals surface area (Å²) in [6.45, 7) is 8.06. The minimum absolute atomic E-state index is 0.113. The van der Waals surface area contributed by atoms with Gasteiger partial charge in [0.15, 0.2) is 5.75 Å². The monoisotopic (exact) mass is 418 g/mol. The van der Waals surface area contributed by atoms with Crippen LogP contribution in [-0.4, -0.2) is 40.1 Å². The Kier molecular flexibility index (Phi) is 5.51. The molecular formula is C22H27FN2O5. The Balaban J connectivity index is 2.11. The minimum atomic E-state index is -1.63. The minimum Gasteiger partial charge on any atom is -0.488 e. The van der Waals surface area contributed by atoms with Crippen molar-refractivity contribution in [1.82, 2.24) is 10.3 Å². The zero-order chi connectivity index (χ0) is 22.3. The van der Waals surface area contributed by atoms with Crippen molar-refractivity contribution >= 4 is 6.09 Å². The predicted octanol–water partition coefficient (Wildman–Crippen LogP) is 3.22. The first-order valence-electron chi connectivity index (χ1n) is 9.64. The normalized spacial score (nSPS) is 20.1. The fourth-order valence-corrected chi connectivity index (χ4v) is 3.18. The van der Waals surface area contributed by atoms with Gasteiger partial charge < -0.3 is 25.0 Å². The SMILES string of the molecule is CC(C)(C)OC(=O)N[C@@]1(C)COc2c1cc([C@@](C)(O)CO)nc2-c1ccc(F)cc1. The van der Waals surface area contributed by atoms with Crippen LogP contribution in [0.15, 0.2) is 30.3 Å². The molecule has 1 aliphatic rings. The van der Waals surface area contributed by atoms with Gasteiger partial charge in [-0.25, -0.2) is 14.2 Å². The van der Waals surface area contributed by atoms with Crippen molar-refractivity contribution in [1.29, 1.82) is 0 Å². The van der Waals surface area contributed by atoms with Crippen LogP contribution in [0.3, 0.4) is 0 Å². The largest absolute Gasteiger partial charge is 0.488 e. The van der Waals surface area contributed by atoms with E-state index in [1.807, 2.05) is 0 Å². The number of aromatic nitrogens is 1. The van der Waals surface area contributed by atoms with Crippen LogP contribution in [-0.2, 0) is 15.9 Å². The molecule has 30 heavy (non-hydrogen) atoms. The molecule has 1 aliphatic heterocycles. The molecule has 1 aromatic carbocycles. The van der Waals surface area contributed by atoms with E-state index in [-0.39, 0.29) is 12.3 Å². The highest BCUT2D eigenvalue weighted by Crippen LogP contribution is 2.44. The number of nitrogens with one attached hydrogen (secondary N) is 1. The first-order valence-corrected chi connectivity index (χ1v) is 9.64. The number of aliphatic hydroxyl groups excluding tert-OH is 1. The maximum Gasteiger partial charge on any atom is 0.408 e. The quantitative estimate of drug-likeness (QED) is 0.705. The first kappa shape index (κ1) is 22.0. The van der Waals surface area contributed by atoms with Crippen LogP contribution < -0.4 is 10.1 Å². The molecule has 0 aliphatic carbocycles. The number of ether oxygens (including phenoxy) is 2. The van der Waals surface area contributed by atoms with Gasteiger partial charge in [-0.2, -0.15) is 0 Å². The lowest BCUT2D eigenvalue weighted by molar-refractivity contribution is -0.00587. The average Bonchev–Trinajstić information content (AvgIpc) is 2.96. The number of nitrogens with zero attached hydrogens (tertiary/aromatic N) is 1. The molecular weight excluding hydrogens is 391 g/mol. The summed E-state index contributed by atoms with van der Waals surface area (Å²) >= 11 is 0. The van der Waals surface area contributed by atoms with Gasteiger partial charge in [0.05, 0.1) is 12.3 Å². The van der Waals surface area contributed by atoms with E-state index in [1.165, 1.54) is 19.1 Å². The number of carbonyl (C=O) groups excluding carboxylic acids is 1. The number of fused-ring (bicyclic) bond motifs is 1. The molecule has 0 saturated heterocycles. The molecule has 1 aromatic heterocycles. The zero-order valence-corrected chi connectivity index (χ0v) is 17.7. The van der Waals surface area contributed by atoms with Crippen LogP contribution in [0.2, 0.25) is 0 Å². The van der Waals surface area contributed by atoms with Crippen molar-refractivity contribution in [2.45, 2.75) is 51.4 Å². The maximum atomic E-state index is 13.4. The van der Waals surface area contributed by atoms with Gasteiger partial charge in [0.1, 0.15) is 34.9 Å². The molecule has 0 spiro atoms. The molecule has 162 valence electrons. The van der Waals surface area contributed by atoms with Crippen molar-refractivity contribution in [2.24, 2.45) is 0 Å². The molecule has 0 bridgehead atoms. The molecule has 2 heterocycles.